The standard InChI is InChI=1S/C15H14O6/c16-9-3-1-2-8(4-9)13-7-15(19,20)14-11(18)5-10(17)6-12(14)21-13/h1-6,13,16-20H,7H2. The average Bonchev–Trinajstić information content (AvgIpc) is 2.36. The highest BCUT2D eigenvalue weighted by molar-refractivity contribution is 5.53. The Morgan fingerprint density at radius 1 is 1.00 bits per heavy atom. The third kappa shape index (κ3) is 2.35. The van der Waals surface area contributed by atoms with E-state index in [1.165, 1.54) is 18.2 Å². The zero-order valence-corrected chi connectivity index (χ0v) is 10.9. The third-order valence-electron chi connectivity index (χ3n) is 3.45. The first-order chi connectivity index (χ1) is 9.87. The number of fused-ring (bicyclic) bond motifs is 1. The molecule has 1 atom stereocenters. The SMILES string of the molecule is Oc1cccc(C2CC(O)(O)c3c(O)cc(O)cc3O2)c1. The van der Waals surface area contributed by atoms with Crippen LogP contribution >= 0.6 is 0 Å². The van der Waals surface area contributed by atoms with Crippen molar-refractivity contribution in [1.29, 1.82) is 0 Å². The van der Waals surface area contributed by atoms with Gasteiger partial charge in [-0.2, -0.15) is 0 Å². The molecular weight excluding hydrogens is 276 g/mol. The van der Waals surface area contributed by atoms with Crippen LogP contribution in [0, 0.1) is 0 Å². The van der Waals surface area contributed by atoms with Crippen LogP contribution in [0.25, 0.3) is 0 Å². The Bertz CT molecular complexity index is 695. The summed E-state index contributed by atoms with van der Waals surface area (Å²) in [4.78, 5) is 0. The molecule has 0 saturated carbocycles. The molecule has 0 spiro atoms. The van der Waals surface area contributed by atoms with Crippen LogP contribution in [-0.2, 0) is 5.79 Å². The first-order valence-corrected chi connectivity index (χ1v) is 6.33. The van der Waals surface area contributed by atoms with Crippen LogP contribution in [-0.4, -0.2) is 25.5 Å². The summed E-state index contributed by atoms with van der Waals surface area (Å²) in [6, 6.07) is 8.44. The van der Waals surface area contributed by atoms with E-state index in [4.69, 9.17) is 4.74 Å². The molecule has 1 heterocycles. The third-order valence-corrected chi connectivity index (χ3v) is 3.45. The van der Waals surface area contributed by atoms with Gasteiger partial charge in [-0.3, -0.25) is 0 Å². The van der Waals surface area contributed by atoms with E-state index in [9.17, 15) is 25.5 Å². The molecule has 0 radical (unpaired) electrons. The zero-order valence-electron chi connectivity index (χ0n) is 10.9. The van der Waals surface area contributed by atoms with Crippen molar-refractivity contribution in [2.24, 2.45) is 0 Å². The van der Waals surface area contributed by atoms with Gasteiger partial charge in [-0.1, -0.05) is 12.1 Å². The Labute approximate surface area is 120 Å². The fraction of sp³-hybridized carbons (Fsp3) is 0.200. The van der Waals surface area contributed by atoms with E-state index in [1.54, 1.807) is 12.1 Å². The Morgan fingerprint density at radius 3 is 2.48 bits per heavy atom. The topological polar surface area (TPSA) is 110 Å². The number of benzene rings is 2. The first kappa shape index (κ1) is 13.5. The smallest absolute Gasteiger partial charge is 0.201 e. The van der Waals surface area contributed by atoms with Gasteiger partial charge in [0.05, 0.1) is 5.56 Å². The number of phenols is 3. The molecule has 1 aliphatic heterocycles. The van der Waals surface area contributed by atoms with E-state index < -0.39 is 17.6 Å². The Hall–Kier alpha value is -2.44. The van der Waals surface area contributed by atoms with Crippen LogP contribution in [0.3, 0.4) is 0 Å². The molecule has 0 aromatic heterocycles. The van der Waals surface area contributed by atoms with Crippen LogP contribution < -0.4 is 4.74 Å². The molecule has 2 aromatic carbocycles. The van der Waals surface area contributed by atoms with Crippen molar-refractivity contribution in [1.82, 2.24) is 0 Å². The highest BCUT2D eigenvalue weighted by atomic mass is 16.5. The molecule has 1 aliphatic rings. The van der Waals surface area contributed by atoms with Crippen molar-refractivity contribution >= 4 is 0 Å². The summed E-state index contributed by atoms with van der Waals surface area (Å²) in [6.07, 6.45) is -0.956. The maximum Gasteiger partial charge on any atom is 0.201 e. The number of rotatable bonds is 1. The lowest BCUT2D eigenvalue weighted by atomic mass is 9.91. The van der Waals surface area contributed by atoms with Gasteiger partial charge in [0.2, 0.25) is 5.79 Å². The molecule has 0 bridgehead atoms. The van der Waals surface area contributed by atoms with Crippen molar-refractivity contribution in [2.75, 3.05) is 0 Å². The quantitative estimate of drug-likeness (QED) is 0.509. The monoisotopic (exact) mass is 290 g/mol. The van der Waals surface area contributed by atoms with Gasteiger partial charge in [-0.05, 0) is 17.7 Å². The molecule has 0 fully saturated rings. The molecule has 0 aliphatic carbocycles. The number of aromatic hydroxyl groups is 3. The van der Waals surface area contributed by atoms with Gasteiger partial charge in [0.25, 0.3) is 0 Å². The molecule has 2 aromatic rings. The molecule has 110 valence electrons. The normalized spacial score (nSPS) is 19.6. The highest BCUT2D eigenvalue weighted by Crippen LogP contribution is 2.48. The lowest BCUT2D eigenvalue weighted by Gasteiger charge is -2.35. The van der Waals surface area contributed by atoms with Gasteiger partial charge in [-0.25, -0.2) is 0 Å². The molecule has 21 heavy (non-hydrogen) atoms. The van der Waals surface area contributed by atoms with Gasteiger partial charge in [-0.15, -0.1) is 0 Å². The van der Waals surface area contributed by atoms with Crippen LogP contribution in [0.1, 0.15) is 23.7 Å². The van der Waals surface area contributed by atoms with Gasteiger partial charge in [0.15, 0.2) is 0 Å². The summed E-state index contributed by atoms with van der Waals surface area (Å²) in [5.41, 5.74) is 0.368. The lowest BCUT2D eigenvalue weighted by molar-refractivity contribution is -0.200. The Balaban J connectivity index is 2.07. The molecule has 5 N–H and O–H groups in total. The lowest BCUT2D eigenvalue weighted by Crippen LogP contribution is -2.34. The van der Waals surface area contributed by atoms with E-state index in [2.05, 4.69) is 0 Å². The molecule has 6 nitrogen and oxygen atoms in total. The van der Waals surface area contributed by atoms with Crippen molar-refractivity contribution < 1.29 is 30.3 Å². The number of hydrogen-bond acceptors (Lipinski definition) is 6. The maximum absolute atomic E-state index is 10.2. The predicted molar refractivity (Wildman–Crippen MR) is 72.0 cm³/mol. The molecule has 6 heteroatoms. The van der Waals surface area contributed by atoms with E-state index in [-0.39, 0.29) is 29.2 Å². The Kier molecular flexibility index (Phi) is 2.93. The van der Waals surface area contributed by atoms with Crippen molar-refractivity contribution in [3.63, 3.8) is 0 Å². The minimum Gasteiger partial charge on any atom is -0.508 e. The van der Waals surface area contributed by atoms with E-state index in [1.807, 2.05) is 0 Å². The van der Waals surface area contributed by atoms with E-state index in [0.29, 0.717) is 5.56 Å². The van der Waals surface area contributed by atoms with Crippen LogP contribution in [0.15, 0.2) is 36.4 Å². The largest absolute Gasteiger partial charge is 0.508 e. The predicted octanol–water partition coefficient (Wildman–Crippen LogP) is 1.46. The van der Waals surface area contributed by atoms with Crippen LogP contribution in [0.2, 0.25) is 0 Å². The molecular formula is C15H14O6. The second-order valence-corrected chi connectivity index (χ2v) is 5.06. The van der Waals surface area contributed by atoms with Crippen molar-refractivity contribution in [2.45, 2.75) is 18.3 Å². The number of ether oxygens (including phenoxy) is 1. The minimum atomic E-state index is -2.30. The average molecular weight is 290 g/mol. The fourth-order valence-corrected chi connectivity index (χ4v) is 2.55. The summed E-state index contributed by atoms with van der Waals surface area (Å²) in [6.45, 7) is 0. The number of phenolic OH excluding ortho intramolecular Hbond substituents is 3. The van der Waals surface area contributed by atoms with Crippen LogP contribution in [0.4, 0.5) is 0 Å². The fourth-order valence-electron chi connectivity index (χ4n) is 2.55. The minimum absolute atomic E-state index is 0.0166. The molecule has 0 saturated heterocycles. The van der Waals surface area contributed by atoms with E-state index >= 15 is 0 Å². The molecule has 3 rings (SSSR count). The summed E-state index contributed by atoms with van der Waals surface area (Å²) >= 11 is 0. The number of hydrogen-bond donors (Lipinski definition) is 5. The van der Waals surface area contributed by atoms with Gasteiger partial charge in [0.1, 0.15) is 29.1 Å². The summed E-state index contributed by atoms with van der Waals surface area (Å²) < 4.78 is 5.62. The highest BCUT2D eigenvalue weighted by Gasteiger charge is 2.42. The molecule has 1 unspecified atom stereocenters. The van der Waals surface area contributed by atoms with Gasteiger partial charge >= 0.3 is 0 Å². The second-order valence-electron chi connectivity index (χ2n) is 5.06. The Morgan fingerprint density at radius 2 is 1.76 bits per heavy atom. The summed E-state index contributed by atoms with van der Waals surface area (Å²) in [7, 11) is 0. The summed E-state index contributed by atoms with van der Waals surface area (Å²) in [5, 5.41) is 49.1. The molecule has 0 amide bonds. The second kappa shape index (κ2) is 4.54. The van der Waals surface area contributed by atoms with Crippen LogP contribution in [0.5, 0.6) is 23.0 Å². The maximum atomic E-state index is 10.2. The number of aliphatic hydroxyl groups is 2. The summed E-state index contributed by atoms with van der Waals surface area (Å²) in [5.74, 6) is -3.00. The van der Waals surface area contributed by atoms with Crippen molar-refractivity contribution in [3.8, 4) is 23.0 Å². The van der Waals surface area contributed by atoms with Gasteiger partial charge in [0, 0.05) is 18.6 Å². The van der Waals surface area contributed by atoms with Crippen molar-refractivity contribution in [3.05, 3.63) is 47.5 Å². The zero-order chi connectivity index (χ0) is 15.2. The van der Waals surface area contributed by atoms with Gasteiger partial charge < -0.3 is 30.3 Å². The van der Waals surface area contributed by atoms with E-state index in [0.717, 1.165) is 6.07 Å². The first-order valence-electron chi connectivity index (χ1n) is 6.33.